The van der Waals surface area contributed by atoms with Gasteiger partial charge >= 0.3 is 0 Å². The van der Waals surface area contributed by atoms with E-state index in [1.165, 1.54) is 4.90 Å². The van der Waals surface area contributed by atoms with Gasteiger partial charge in [-0.25, -0.2) is 0 Å². The van der Waals surface area contributed by atoms with Gasteiger partial charge in [0.25, 0.3) is 0 Å². The van der Waals surface area contributed by atoms with E-state index in [1.54, 1.807) is 51.4 Å². The summed E-state index contributed by atoms with van der Waals surface area (Å²) >= 11 is 0. The van der Waals surface area contributed by atoms with Crippen molar-refractivity contribution < 1.29 is 14.3 Å². The first kappa shape index (κ1) is 19.2. The fourth-order valence-corrected chi connectivity index (χ4v) is 5.01. The maximum absolute atomic E-state index is 13.6. The van der Waals surface area contributed by atoms with Crippen molar-refractivity contribution in [3.63, 3.8) is 0 Å². The highest BCUT2D eigenvalue weighted by Gasteiger charge is 2.71. The summed E-state index contributed by atoms with van der Waals surface area (Å²) in [6.07, 6.45) is 2.65. The first-order valence-corrected chi connectivity index (χ1v) is 9.34. The summed E-state index contributed by atoms with van der Waals surface area (Å²) in [5, 5.41) is 13.2. The maximum atomic E-state index is 13.6. The Labute approximate surface area is 167 Å². The summed E-state index contributed by atoms with van der Waals surface area (Å²) in [4.78, 5) is 42.6. The molecule has 2 aliphatic rings. The van der Waals surface area contributed by atoms with E-state index in [4.69, 9.17) is 4.74 Å². The van der Waals surface area contributed by atoms with Crippen molar-refractivity contribution in [3.05, 3.63) is 40.9 Å². The van der Waals surface area contributed by atoms with Gasteiger partial charge in [-0.2, -0.15) is 10.2 Å². The largest absolute Gasteiger partial charge is 0.365 e. The summed E-state index contributed by atoms with van der Waals surface area (Å²) < 4.78 is 6.07. The zero-order chi connectivity index (χ0) is 21.0. The van der Waals surface area contributed by atoms with Gasteiger partial charge in [0.15, 0.2) is 0 Å². The second-order valence-electron chi connectivity index (χ2n) is 8.10. The molecule has 0 spiro atoms. The SMILES string of the molecule is CN(C(=O)C1C(C=O)[C@@]2(C)CC(N=O)[C@]1(C)O2)c1ccc(C#N)c2ncccc12. The number of pyridine rings is 1. The number of amides is 1. The second kappa shape index (κ2) is 6.42. The molecule has 29 heavy (non-hydrogen) atoms. The Hall–Kier alpha value is -3.18. The molecular weight excluding hydrogens is 372 g/mol. The average Bonchev–Trinajstić information content (AvgIpc) is 3.13. The number of nitrogens with zero attached hydrogens (tertiary/aromatic N) is 4. The third-order valence-corrected chi connectivity index (χ3v) is 6.49. The Morgan fingerprint density at radius 3 is 2.83 bits per heavy atom. The molecule has 3 heterocycles. The summed E-state index contributed by atoms with van der Waals surface area (Å²) in [6, 6.07) is 8.22. The minimum atomic E-state index is -1.14. The van der Waals surface area contributed by atoms with E-state index in [2.05, 4.69) is 16.2 Å². The van der Waals surface area contributed by atoms with Gasteiger partial charge < -0.3 is 14.4 Å². The number of nitroso groups, excluding NO2 is 1. The van der Waals surface area contributed by atoms with Crippen LogP contribution in [0.25, 0.3) is 10.9 Å². The Morgan fingerprint density at radius 1 is 1.41 bits per heavy atom. The standard InChI is InChI=1S/C21H20N4O4/c1-20-9-16(24-28)21(2,29-20)17(14(20)11-26)19(27)25(3)15-7-6-12(10-22)18-13(15)5-4-8-23-18/h4-8,11,14,16-17H,9H2,1-3H3/t14?,16?,17?,20-,21+/m1/s1. The van der Waals surface area contributed by atoms with Crippen molar-refractivity contribution in [3.8, 4) is 6.07 Å². The van der Waals surface area contributed by atoms with Crippen LogP contribution in [0.2, 0.25) is 0 Å². The van der Waals surface area contributed by atoms with Crippen molar-refractivity contribution in [2.45, 2.75) is 37.5 Å². The highest BCUT2D eigenvalue weighted by atomic mass is 16.5. The zero-order valence-corrected chi connectivity index (χ0v) is 16.3. The van der Waals surface area contributed by atoms with E-state index in [0.29, 0.717) is 28.6 Å². The van der Waals surface area contributed by atoms with Crippen LogP contribution in [0.1, 0.15) is 25.8 Å². The highest BCUT2D eigenvalue weighted by molar-refractivity contribution is 6.05. The molecule has 1 aromatic heterocycles. The topological polar surface area (TPSA) is 113 Å². The van der Waals surface area contributed by atoms with Gasteiger partial charge in [-0.15, -0.1) is 0 Å². The molecule has 8 nitrogen and oxygen atoms in total. The molecule has 3 unspecified atom stereocenters. The van der Waals surface area contributed by atoms with Crippen molar-refractivity contribution in [1.29, 1.82) is 5.26 Å². The van der Waals surface area contributed by atoms with Crippen molar-refractivity contribution in [1.82, 2.24) is 4.98 Å². The van der Waals surface area contributed by atoms with Gasteiger partial charge in [0.1, 0.15) is 24.0 Å². The van der Waals surface area contributed by atoms with Crippen LogP contribution >= 0.6 is 0 Å². The molecule has 0 saturated carbocycles. The van der Waals surface area contributed by atoms with Crippen LogP contribution in [-0.4, -0.2) is 41.5 Å². The van der Waals surface area contributed by atoms with E-state index in [1.807, 2.05) is 0 Å². The minimum absolute atomic E-state index is 0.313. The molecule has 0 aliphatic carbocycles. The summed E-state index contributed by atoms with van der Waals surface area (Å²) in [6.45, 7) is 3.44. The average molecular weight is 392 g/mol. The van der Waals surface area contributed by atoms with Gasteiger partial charge in [0.05, 0.1) is 34.2 Å². The van der Waals surface area contributed by atoms with Crippen LogP contribution in [-0.2, 0) is 14.3 Å². The number of aldehydes is 1. The van der Waals surface area contributed by atoms with Crippen LogP contribution in [0.4, 0.5) is 5.69 Å². The molecule has 5 atom stereocenters. The van der Waals surface area contributed by atoms with Gasteiger partial charge in [-0.1, -0.05) is 5.18 Å². The van der Waals surface area contributed by atoms with Gasteiger partial charge in [-0.3, -0.25) is 9.78 Å². The Kier molecular flexibility index (Phi) is 4.24. The smallest absolute Gasteiger partial charge is 0.233 e. The third-order valence-electron chi connectivity index (χ3n) is 6.49. The summed E-state index contributed by atoms with van der Waals surface area (Å²) in [5.74, 6) is -1.85. The lowest BCUT2D eigenvalue weighted by atomic mass is 9.65. The number of hydrogen-bond acceptors (Lipinski definition) is 7. The molecule has 2 saturated heterocycles. The second-order valence-corrected chi connectivity index (χ2v) is 8.10. The molecule has 2 fully saturated rings. The summed E-state index contributed by atoms with van der Waals surface area (Å²) in [7, 11) is 1.61. The first-order chi connectivity index (χ1) is 13.8. The molecular formula is C21H20N4O4. The van der Waals surface area contributed by atoms with E-state index in [0.717, 1.165) is 6.29 Å². The van der Waals surface area contributed by atoms with Crippen LogP contribution < -0.4 is 4.90 Å². The molecule has 8 heteroatoms. The molecule has 2 aromatic rings. The lowest BCUT2D eigenvalue weighted by Crippen LogP contribution is -2.54. The van der Waals surface area contributed by atoms with Crippen LogP contribution in [0.15, 0.2) is 35.6 Å². The van der Waals surface area contributed by atoms with Crippen molar-refractivity contribution in [2.75, 3.05) is 11.9 Å². The van der Waals surface area contributed by atoms with Crippen LogP contribution in [0, 0.1) is 28.1 Å². The lowest BCUT2D eigenvalue weighted by Gasteiger charge is -2.37. The third kappa shape index (κ3) is 2.51. The number of hydrogen-bond donors (Lipinski definition) is 0. The predicted octanol–water partition coefficient (Wildman–Crippen LogP) is 2.59. The van der Waals surface area contributed by atoms with E-state index in [9.17, 15) is 19.8 Å². The number of rotatable bonds is 4. The molecule has 2 bridgehead atoms. The zero-order valence-electron chi connectivity index (χ0n) is 16.3. The molecule has 1 aromatic carbocycles. The van der Waals surface area contributed by atoms with Gasteiger partial charge in [-0.05, 0) is 38.1 Å². The number of benzene rings is 1. The Morgan fingerprint density at radius 2 is 2.17 bits per heavy atom. The number of carbonyl (C=O) groups excluding carboxylic acids is 2. The molecule has 1 amide bonds. The van der Waals surface area contributed by atoms with Crippen LogP contribution in [0.5, 0.6) is 0 Å². The number of ether oxygens (including phenoxy) is 1. The van der Waals surface area contributed by atoms with E-state index in [-0.39, 0.29) is 5.91 Å². The quantitative estimate of drug-likeness (QED) is 0.584. The number of aromatic nitrogens is 1. The molecule has 4 rings (SSSR count). The number of nitriles is 1. The number of anilines is 1. The normalized spacial score (nSPS) is 32.7. The fourth-order valence-electron chi connectivity index (χ4n) is 5.01. The van der Waals surface area contributed by atoms with Gasteiger partial charge in [0, 0.05) is 25.1 Å². The van der Waals surface area contributed by atoms with E-state index < -0.39 is 29.1 Å². The predicted molar refractivity (Wildman–Crippen MR) is 105 cm³/mol. The minimum Gasteiger partial charge on any atom is -0.365 e. The number of carbonyl (C=O) groups is 2. The monoisotopic (exact) mass is 392 g/mol. The first-order valence-electron chi connectivity index (χ1n) is 9.34. The van der Waals surface area contributed by atoms with Crippen LogP contribution in [0.3, 0.4) is 0 Å². The Bertz CT molecular complexity index is 1080. The molecule has 0 N–H and O–H groups in total. The van der Waals surface area contributed by atoms with Crippen molar-refractivity contribution >= 4 is 28.8 Å². The maximum Gasteiger partial charge on any atom is 0.233 e. The summed E-state index contributed by atoms with van der Waals surface area (Å²) in [5.41, 5.74) is -0.579. The Balaban J connectivity index is 1.79. The number of fused-ring (bicyclic) bond motifs is 3. The molecule has 2 aliphatic heterocycles. The van der Waals surface area contributed by atoms with Gasteiger partial charge in [0.2, 0.25) is 5.91 Å². The molecule has 148 valence electrons. The van der Waals surface area contributed by atoms with Crippen molar-refractivity contribution in [2.24, 2.45) is 17.0 Å². The fraction of sp³-hybridized carbons (Fsp3) is 0.429. The molecule has 0 radical (unpaired) electrons. The highest BCUT2D eigenvalue weighted by Crippen LogP contribution is 2.58. The van der Waals surface area contributed by atoms with E-state index >= 15 is 0 Å². The lowest BCUT2D eigenvalue weighted by molar-refractivity contribution is -0.130.